The number of hydrogen-bond donors (Lipinski definition) is 0. The van der Waals surface area contributed by atoms with Crippen LogP contribution in [0.4, 0.5) is 5.69 Å². The zero-order valence-electron chi connectivity index (χ0n) is 14.8. The molecule has 0 spiro atoms. The molecule has 0 N–H and O–H groups in total. The van der Waals surface area contributed by atoms with Gasteiger partial charge < -0.3 is 9.64 Å². The summed E-state index contributed by atoms with van der Waals surface area (Å²) in [5.41, 5.74) is 2.69. The summed E-state index contributed by atoms with van der Waals surface area (Å²) in [6.07, 6.45) is 1.56. The first-order valence-corrected chi connectivity index (χ1v) is 10.0. The standard InChI is InChI=1S/C20H21NO4S/c1-15-10-16(2)12-18(11-15)21(17-8-9-26(23,24)14-17)20(22)13-25-19-6-4-3-5-7-19/h3-12,17H,13-14H2,1-2H3/t17-/m1/s1. The third kappa shape index (κ3) is 4.32. The van der Waals surface area contributed by atoms with E-state index in [1.807, 2.05) is 50.2 Å². The van der Waals surface area contributed by atoms with E-state index in [0.717, 1.165) is 11.1 Å². The van der Waals surface area contributed by atoms with Crippen molar-refractivity contribution in [2.24, 2.45) is 0 Å². The van der Waals surface area contributed by atoms with Crippen LogP contribution in [-0.2, 0) is 14.6 Å². The molecule has 1 aliphatic heterocycles. The van der Waals surface area contributed by atoms with Crippen molar-refractivity contribution in [1.29, 1.82) is 0 Å². The van der Waals surface area contributed by atoms with Crippen molar-refractivity contribution in [3.8, 4) is 5.75 Å². The Bertz CT molecular complexity index is 915. The lowest BCUT2D eigenvalue weighted by Crippen LogP contribution is -2.43. The van der Waals surface area contributed by atoms with Gasteiger partial charge in [0.2, 0.25) is 0 Å². The number of benzene rings is 2. The van der Waals surface area contributed by atoms with Gasteiger partial charge in [-0.1, -0.05) is 24.3 Å². The lowest BCUT2D eigenvalue weighted by molar-refractivity contribution is -0.120. The van der Waals surface area contributed by atoms with Crippen molar-refractivity contribution in [3.05, 3.63) is 71.1 Å². The topological polar surface area (TPSA) is 63.7 Å². The molecule has 5 nitrogen and oxygen atoms in total. The highest BCUT2D eigenvalue weighted by atomic mass is 32.2. The number of para-hydroxylation sites is 1. The number of carbonyl (C=O) groups excluding carboxylic acids is 1. The highest BCUT2D eigenvalue weighted by Crippen LogP contribution is 2.25. The SMILES string of the molecule is Cc1cc(C)cc(N(C(=O)COc2ccccc2)[C@@H]2C=CS(=O)(=O)C2)c1. The van der Waals surface area contributed by atoms with Gasteiger partial charge in [-0.2, -0.15) is 0 Å². The number of hydrogen-bond acceptors (Lipinski definition) is 4. The number of ether oxygens (including phenoxy) is 1. The molecule has 0 saturated carbocycles. The van der Waals surface area contributed by atoms with E-state index in [0.29, 0.717) is 11.4 Å². The van der Waals surface area contributed by atoms with Gasteiger partial charge >= 0.3 is 0 Å². The van der Waals surface area contributed by atoms with Gasteiger partial charge in [0.15, 0.2) is 16.4 Å². The second-order valence-electron chi connectivity index (χ2n) is 6.44. The quantitative estimate of drug-likeness (QED) is 0.810. The molecule has 0 aromatic heterocycles. The molecule has 6 heteroatoms. The van der Waals surface area contributed by atoms with Crippen molar-refractivity contribution in [1.82, 2.24) is 0 Å². The van der Waals surface area contributed by atoms with Gasteiger partial charge in [0.1, 0.15) is 5.75 Å². The van der Waals surface area contributed by atoms with E-state index in [1.165, 1.54) is 10.3 Å². The third-order valence-electron chi connectivity index (χ3n) is 4.10. The average Bonchev–Trinajstić information content (AvgIpc) is 2.93. The van der Waals surface area contributed by atoms with Crippen molar-refractivity contribution in [2.75, 3.05) is 17.3 Å². The van der Waals surface area contributed by atoms with Crippen LogP contribution >= 0.6 is 0 Å². The highest BCUT2D eigenvalue weighted by molar-refractivity contribution is 7.94. The van der Waals surface area contributed by atoms with Crippen LogP contribution in [0.5, 0.6) is 5.75 Å². The predicted molar refractivity (Wildman–Crippen MR) is 102 cm³/mol. The Kier molecular flexibility index (Phi) is 5.13. The molecule has 26 heavy (non-hydrogen) atoms. The van der Waals surface area contributed by atoms with Gasteiger partial charge in [-0.05, 0) is 55.3 Å². The van der Waals surface area contributed by atoms with E-state index in [2.05, 4.69) is 0 Å². The van der Waals surface area contributed by atoms with Gasteiger partial charge in [0.25, 0.3) is 5.91 Å². The Hall–Kier alpha value is -2.60. The molecule has 2 aromatic rings. The Labute approximate surface area is 153 Å². The maximum Gasteiger partial charge on any atom is 0.265 e. The summed E-state index contributed by atoms with van der Waals surface area (Å²) in [4.78, 5) is 14.4. The Morgan fingerprint density at radius 3 is 2.35 bits per heavy atom. The monoisotopic (exact) mass is 371 g/mol. The van der Waals surface area contributed by atoms with Crippen LogP contribution in [0.15, 0.2) is 60.0 Å². The Morgan fingerprint density at radius 2 is 1.77 bits per heavy atom. The summed E-state index contributed by atoms with van der Waals surface area (Å²) in [6.45, 7) is 3.73. The molecule has 0 aliphatic carbocycles. The molecule has 1 amide bonds. The maximum absolute atomic E-state index is 12.9. The van der Waals surface area contributed by atoms with Crippen LogP contribution in [-0.4, -0.2) is 32.7 Å². The van der Waals surface area contributed by atoms with E-state index >= 15 is 0 Å². The van der Waals surface area contributed by atoms with Gasteiger partial charge in [0, 0.05) is 11.1 Å². The molecule has 1 heterocycles. The molecule has 1 atom stereocenters. The van der Waals surface area contributed by atoms with Crippen LogP contribution in [0.25, 0.3) is 0 Å². The van der Waals surface area contributed by atoms with Gasteiger partial charge in [0.05, 0.1) is 11.8 Å². The van der Waals surface area contributed by atoms with Crippen LogP contribution in [0.2, 0.25) is 0 Å². The summed E-state index contributed by atoms with van der Waals surface area (Å²) in [5.74, 6) is 0.193. The summed E-state index contributed by atoms with van der Waals surface area (Å²) in [7, 11) is -3.28. The molecule has 0 bridgehead atoms. The molecular weight excluding hydrogens is 350 g/mol. The van der Waals surface area contributed by atoms with E-state index in [4.69, 9.17) is 4.74 Å². The number of anilines is 1. The van der Waals surface area contributed by atoms with Crippen molar-refractivity contribution in [2.45, 2.75) is 19.9 Å². The first-order valence-electron chi connectivity index (χ1n) is 8.33. The Balaban J connectivity index is 1.87. The predicted octanol–water partition coefficient (Wildman–Crippen LogP) is 3.03. The second-order valence-corrected chi connectivity index (χ2v) is 8.37. The van der Waals surface area contributed by atoms with Crippen molar-refractivity contribution < 1.29 is 17.9 Å². The molecule has 0 saturated heterocycles. The van der Waals surface area contributed by atoms with Crippen molar-refractivity contribution in [3.63, 3.8) is 0 Å². The van der Waals surface area contributed by atoms with Gasteiger partial charge in [-0.15, -0.1) is 0 Å². The molecule has 136 valence electrons. The van der Waals surface area contributed by atoms with Crippen LogP contribution < -0.4 is 9.64 Å². The smallest absolute Gasteiger partial charge is 0.265 e. The third-order valence-corrected chi connectivity index (χ3v) is 5.48. The fourth-order valence-electron chi connectivity index (χ4n) is 3.06. The zero-order valence-corrected chi connectivity index (χ0v) is 15.6. The molecule has 0 fully saturated rings. The average molecular weight is 371 g/mol. The van der Waals surface area contributed by atoms with E-state index < -0.39 is 15.9 Å². The number of nitrogens with zero attached hydrogens (tertiary/aromatic N) is 1. The highest BCUT2D eigenvalue weighted by Gasteiger charge is 2.31. The first kappa shape index (κ1) is 18.2. The fourth-order valence-corrected chi connectivity index (χ4v) is 4.33. The molecule has 3 rings (SSSR count). The second kappa shape index (κ2) is 7.33. The number of rotatable bonds is 5. The van der Waals surface area contributed by atoms with Crippen LogP contribution in [0.1, 0.15) is 11.1 Å². The van der Waals surface area contributed by atoms with Crippen LogP contribution in [0, 0.1) is 13.8 Å². The van der Waals surface area contributed by atoms with E-state index in [1.54, 1.807) is 18.2 Å². The summed E-state index contributed by atoms with van der Waals surface area (Å²) in [6, 6.07) is 14.3. The minimum absolute atomic E-state index is 0.114. The van der Waals surface area contributed by atoms with Gasteiger partial charge in [-0.25, -0.2) is 8.42 Å². The maximum atomic E-state index is 12.9. The van der Waals surface area contributed by atoms with E-state index in [9.17, 15) is 13.2 Å². The largest absolute Gasteiger partial charge is 0.484 e. The fraction of sp³-hybridized carbons (Fsp3) is 0.250. The normalized spacial score (nSPS) is 17.8. The number of aryl methyl sites for hydroxylation is 2. The number of carbonyl (C=O) groups is 1. The molecule has 2 aromatic carbocycles. The molecular formula is C20H21NO4S. The lowest BCUT2D eigenvalue weighted by Gasteiger charge is -2.28. The van der Waals surface area contributed by atoms with Gasteiger partial charge in [-0.3, -0.25) is 4.79 Å². The van der Waals surface area contributed by atoms with E-state index in [-0.39, 0.29) is 18.3 Å². The Morgan fingerprint density at radius 1 is 1.12 bits per heavy atom. The number of amides is 1. The molecule has 1 aliphatic rings. The first-order chi connectivity index (χ1) is 12.3. The molecule has 0 unspecified atom stereocenters. The minimum atomic E-state index is -3.28. The zero-order chi connectivity index (χ0) is 18.7. The summed E-state index contributed by atoms with van der Waals surface area (Å²) < 4.78 is 29.3. The minimum Gasteiger partial charge on any atom is -0.484 e. The summed E-state index contributed by atoms with van der Waals surface area (Å²) in [5, 5.41) is 1.18. The number of sulfone groups is 1. The summed E-state index contributed by atoms with van der Waals surface area (Å²) >= 11 is 0. The lowest BCUT2D eigenvalue weighted by atomic mass is 10.1. The van der Waals surface area contributed by atoms with Crippen molar-refractivity contribution >= 4 is 21.4 Å². The molecule has 0 radical (unpaired) electrons. The van der Waals surface area contributed by atoms with Crippen LogP contribution in [0.3, 0.4) is 0 Å².